The minimum atomic E-state index is -0.309. The summed E-state index contributed by atoms with van der Waals surface area (Å²) in [5.74, 6) is 0.571. The summed E-state index contributed by atoms with van der Waals surface area (Å²) in [6.07, 6.45) is 0. The summed E-state index contributed by atoms with van der Waals surface area (Å²) in [6, 6.07) is 9.34. The van der Waals surface area contributed by atoms with E-state index in [9.17, 15) is 0 Å². The van der Waals surface area contributed by atoms with Crippen molar-refractivity contribution >= 4 is 11.6 Å². The van der Waals surface area contributed by atoms with E-state index in [0.29, 0.717) is 5.82 Å². The first-order valence-corrected chi connectivity index (χ1v) is 4.53. The first-order chi connectivity index (χ1) is 6.77. The fraction of sp³-hybridized carbons (Fsp3) is 0.111. The number of benzene rings is 1. The average molecular weight is 209 g/mol. The Morgan fingerprint density at radius 2 is 2.00 bits per heavy atom. The summed E-state index contributed by atoms with van der Waals surface area (Å²) in [6.45, 7) is 0. The molecule has 0 saturated heterocycles. The molecular weight excluding hydrogens is 200 g/mol. The Bertz CT molecular complexity index is 412. The van der Waals surface area contributed by atoms with Crippen molar-refractivity contribution in [2.75, 3.05) is 0 Å². The van der Waals surface area contributed by atoms with Gasteiger partial charge in [-0.2, -0.15) is 4.98 Å². The molecule has 0 saturated carbocycles. The minimum Gasteiger partial charge on any atom is -0.318 e. The second-order valence-corrected chi connectivity index (χ2v) is 3.22. The Labute approximate surface area is 86.1 Å². The smallest absolute Gasteiger partial charge is 0.242 e. The second-order valence-electron chi connectivity index (χ2n) is 2.88. The van der Waals surface area contributed by atoms with Crippen molar-refractivity contribution in [2.45, 2.75) is 6.04 Å². The molecule has 1 aromatic heterocycles. The number of aromatic nitrogens is 3. The van der Waals surface area contributed by atoms with E-state index in [4.69, 9.17) is 17.3 Å². The minimum absolute atomic E-state index is 0.186. The summed E-state index contributed by atoms with van der Waals surface area (Å²) in [7, 11) is 0. The molecule has 0 aliphatic heterocycles. The molecule has 4 nitrogen and oxygen atoms in total. The van der Waals surface area contributed by atoms with E-state index in [1.807, 2.05) is 30.3 Å². The maximum atomic E-state index is 5.94. The summed E-state index contributed by atoms with van der Waals surface area (Å²) in [5.41, 5.74) is 6.91. The van der Waals surface area contributed by atoms with Gasteiger partial charge in [-0.05, 0) is 17.2 Å². The molecule has 0 amide bonds. The van der Waals surface area contributed by atoms with Gasteiger partial charge in [0, 0.05) is 0 Å². The largest absolute Gasteiger partial charge is 0.318 e. The molecule has 72 valence electrons. The standard InChI is InChI=1S/C9H9ClN4/c10-9-12-8(13-14-9)7(11)6-4-2-1-3-5-6/h1-5,7H,11H2,(H,12,13,14). The Balaban J connectivity index is 2.29. The first kappa shape index (κ1) is 9.18. The van der Waals surface area contributed by atoms with Gasteiger partial charge in [-0.1, -0.05) is 30.3 Å². The molecule has 1 unspecified atom stereocenters. The molecule has 1 atom stereocenters. The Kier molecular flexibility index (Phi) is 2.47. The molecule has 0 fully saturated rings. The number of nitrogens with one attached hydrogen (secondary N) is 1. The van der Waals surface area contributed by atoms with Crippen LogP contribution in [-0.4, -0.2) is 15.2 Å². The maximum absolute atomic E-state index is 5.94. The van der Waals surface area contributed by atoms with Crippen LogP contribution in [0.5, 0.6) is 0 Å². The van der Waals surface area contributed by atoms with Crippen LogP contribution in [0.3, 0.4) is 0 Å². The highest BCUT2D eigenvalue weighted by molar-refractivity contribution is 6.28. The van der Waals surface area contributed by atoms with E-state index in [1.165, 1.54) is 0 Å². The topological polar surface area (TPSA) is 67.6 Å². The average Bonchev–Trinajstić information content (AvgIpc) is 2.65. The molecule has 1 heterocycles. The van der Waals surface area contributed by atoms with Gasteiger partial charge in [-0.3, -0.25) is 5.10 Å². The number of halogens is 1. The number of hydrogen-bond donors (Lipinski definition) is 2. The number of nitrogens with two attached hydrogens (primary N) is 1. The van der Waals surface area contributed by atoms with Gasteiger partial charge in [0.15, 0.2) is 0 Å². The van der Waals surface area contributed by atoms with Gasteiger partial charge in [-0.25, -0.2) is 0 Å². The maximum Gasteiger partial charge on any atom is 0.242 e. The van der Waals surface area contributed by atoms with E-state index in [2.05, 4.69) is 15.2 Å². The summed E-state index contributed by atoms with van der Waals surface area (Å²) in [5, 5.41) is 6.58. The highest BCUT2D eigenvalue weighted by Crippen LogP contribution is 2.16. The molecule has 2 rings (SSSR count). The van der Waals surface area contributed by atoms with Crippen LogP contribution in [-0.2, 0) is 0 Å². The molecule has 0 bridgehead atoms. The van der Waals surface area contributed by atoms with E-state index in [1.54, 1.807) is 0 Å². The lowest BCUT2D eigenvalue weighted by Gasteiger charge is -2.07. The van der Waals surface area contributed by atoms with Gasteiger partial charge in [0.2, 0.25) is 5.28 Å². The van der Waals surface area contributed by atoms with Crippen LogP contribution in [0.4, 0.5) is 0 Å². The highest BCUT2D eigenvalue weighted by Gasteiger charge is 2.12. The molecule has 0 radical (unpaired) electrons. The number of H-pyrrole nitrogens is 1. The third-order valence-corrected chi connectivity index (χ3v) is 2.10. The van der Waals surface area contributed by atoms with Gasteiger partial charge in [-0.15, -0.1) is 5.10 Å². The van der Waals surface area contributed by atoms with Crippen molar-refractivity contribution in [3.05, 3.63) is 47.0 Å². The zero-order chi connectivity index (χ0) is 9.97. The number of nitrogens with zero attached hydrogens (tertiary/aromatic N) is 2. The van der Waals surface area contributed by atoms with Crippen molar-refractivity contribution in [3.63, 3.8) is 0 Å². The lowest BCUT2D eigenvalue weighted by molar-refractivity contribution is 0.787. The molecule has 14 heavy (non-hydrogen) atoms. The van der Waals surface area contributed by atoms with E-state index in [-0.39, 0.29) is 11.3 Å². The fourth-order valence-electron chi connectivity index (χ4n) is 1.21. The molecular formula is C9H9ClN4. The fourth-order valence-corrected chi connectivity index (χ4v) is 1.34. The number of hydrogen-bond acceptors (Lipinski definition) is 3. The molecule has 0 aliphatic carbocycles. The van der Waals surface area contributed by atoms with Crippen LogP contribution in [0.25, 0.3) is 0 Å². The molecule has 5 heteroatoms. The van der Waals surface area contributed by atoms with Gasteiger partial charge >= 0.3 is 0 Å². The monoisotopic (exact) mass is 208 g/mol. The van der Waals surface area contributed by atoms with E-state index in [0.717, 1.165) is 5.56 Å². The number of aromatic amines is 1. The Morgan fingerprint density at radius 3 is 2.57 bits per heavy atom. The first-order valence-electron chi connectivity index (χ1n) is 4.15. The Hall–Kier alpha value is -1.39. The lowest BCUT2D eigenvalue weighted by atomic mass is 10.1. The zero-order valence-corrected chi connectivity index (χ0v) is 8.07. The summed E-state index contributed by atoms with van der Waals surface area (Å²) < 4.78 is 0. The van der Waals surface area contributed by atoms with Gasteiger partial charge in [0.1, 0.15) is 5.82 Å². The van der Waals surface area contributed by atoms with Crippen LogP contribution in [0, 0.1) is 0 Å². The van der Waals surface area contributed by atoms with Crippen molar-refractivity contribution in [3.8, 4) is 0 Å². The van der Waals surface area contributed by atoms with Crippen LogP contribution in [0.15, 0.2) is 30.3 Å². The third kappa shape index (κ3) is 1.76. The quantitative estimate of drug-likeness (QED) is 0.786. The molecule has 0 spiro atoms. The van der Waals surface area contributed by atoms with E-state index < -0.39 is 0 Å². The highest BCUT2D eigenvalue weighted by atomic mass is 35.5. The molecule has 2 aromatic rings. The predicted octanol–water partition coefficient (Wildman–Crippen LogP) is 1.51. The van der Waals surface area contributed by atoms with Crippen LogP contribution in [0.2, 0.25) is 5.28 Å². The molecule has 0 aliphatic rings. The Morgan fingerprint density at radius 1 is 1.29 bits per heavy atom. The lowest BCUT2D eigenvalue weighted by Crippen LogP contribution is -2.13. The zero-order valence-electron chi connectivity index (χ0n) is 7.31. The van der Waals surface area contributed by atoms with Gasteiger partial charge in [0.05, 0.1) is 6.04 Å². The predicted molar refractivity (Wildman–Crippen MR) is 53.9 cm³/mol. The van der Waals surface area contributed by atoms with Gasteiger partial charge < -0.3 is 5.73 Å². The van der Waals surface area contributed by atoms with Crippen LogP contribution in [0.1, 0.15) is 17.4 Å². The second kappa shape index (κ2) is 3.77. The van der Waals surface area contributed by atoms with Crippen molar-refractivity contribution in [1.29, 1.82) is 0 Å². The van der Waals surface area contributed by atoms with Crippen molar-refractivity contribution in [1.82, 2.24) is 15.2 Å². The number of rotatable bonds is 2. The SMILES string of the molecule is NC(c1ccccc1)c1nc(Cl)n[nH]1. The normalized spacial score (nSPS) is 12.7. The van der Waals surface area contributed by atoms with E-state index >= 15 is 0 Å². The summed E-state index contributed by atoms with van der Waals surface area (Å²) >= 11 is 5.58. The van der Waals surface area contributed by atoms with Crippen molar-refractivity contribution < 1.29 is 0 Å². The van der Waals surface area contributed by atoms with Gasteiger partial charge in [0.25, 0.3) is 0 Å². The molecule has 1 aromatic carbocycles. The summed E-state index contributed by atoms with van der Waals surface area (Å²) in [4.78, 5) is 3.96. The third-order valence-electron chi connectivity index (χ3n) is 1.93. The van der Waals surface area contributed by atoms with Crippen molar-refractivity contribution in [2.24, 2.45) is 5.73 Å². The van der Waals surface area contributed by atoms with Crippen LogP contribution < -0.4 is 5.73 Å². The van der Waals surface area contributed by atoms with Crippen LogP contribution >= 0.6 is 11.6 Å². The molecule has 3 N–H and O–H groups in total.